The molecular formula is C18H18ClN3O3. The molecule has 0 bridgehead atoms. The van der Waals surface area contributed by atoms with E-state index in [1.54, 1.807) is 17.9 Å². The van der Waals surface area contributed by atoms with Gasteiger partial charge in [-0.15, -0.1) is 0 Å². The third-order valence-corrected chi connectivity index (χ3v) is 4.72. The van der Waals surface area contributed by atoms with Crippen LogP contribution in [0.5, 0.6) is 0 Å². The van der Waals surface area contributed by atoms with Gasteiger partial charge in [-0.05, 0) is 31.2 Å². The normalized spacial score (nSPS) is 14.5. The highest BCUT2D eigenvalue weighted by molar-refractivity contribution is 6.33. The van der Waals surface area contributed by atoms with Gasteiger partial charge < -0.3 is 9.80 Å². The van der Waals surface area contributed by atoms with E-state index < -0.39 is 4.92 Å². The first kappa shape index (κ1) is 17.2. The Kier molecular flexibility index (Phi) is 4.90. The topological polar surface area (TPSA) is 66.7 Å². The second-order valence-corrected chi connectivity index (χ2v) is 6.40. The second-order valence-electron chi connectivity index (χ2n) is 5.99. The van der Waals surface area contributed by atoms with Gasteiger partial charge in [0.2, 0.25) is 0 Å². The maximum Gasteiger partial charge on any atom is 0.272 e. The van der Waals surface area contributed by atoms with Gasteiger partial charge >= 0.3 is 0 Å². The van der Waals surface area contributed by atoms with Gasteiger partial charge in [-0.1, -0.05) is 23.7 Å². The molecule has 1 heterocycles. The fourth-order valence-corrected chi connectivity index (χ4v) is 3.29. The maximum atomic E-state index is 12.7. The van der Waals surface area contributed by atoms with E-state index in [1.807, 2.05) is 24.3 Å². The van der Waals surface area contributed by atoms with Crippen LogP contribution in [-0.4, -0.2) is 41.9 Å². The highest BCUT2D eigenvalue weighted by Crippen LogP contribution is 2.26. The molecular weight excluding hydrogens is 342 g/mol. The number of rotatable bonds is 3. The number of nitro groups is 1. The summed E-state index contributed by atoms with van der Waals surface area (Å²) in [6.07, 6.45) is 0. The van der Waals surface area contributed by atoms with Gasteiger partial charge in [-0.2, -0.15) is 0 Å². The van der Waals surface area contributed by atoms with Gasteiger partial charge in [-0.25, -0.2) is 0 Å². The predicted octanol–water partition coefficient (Wildman–Crippen LogP) is 3.52. The van der Waals surface area contributed by atoms with E-state index >= 15 is 0 Å². The Labute approximate surface area is 150 Å². The van der Waals surface area contributed by atoms with E-state index in [4.69, 9.17) is 11.6 Å². The lowest BCUT2D eigenvalue weighted by Crippen LogP contribution is -2.48. The first-order chi connectivity index (χ1) is 12.0. The summed E-state index contributed by atoms with van der Waals surface area (Å²) < 4.78 is 0. The number of amides is 1. The minimum absolute atomic E-state index is 0.0279. The molecule has 1 aliphatic heterocycles. The van der Waals surface area contributed by atoms with Gasteiger partial charge in [0.25, 0.3) is 11.6 Å². The van der Waals surface area contributed by atoms with Crippen LogP contribution in [0, 0.1) is 17.0 Å². The molecule has 1 aliphatic rings. The highest BCUT2D eigenvalue weighted by atomic mass is 35.5. The zero-order chi connectivity index (χ0) is 18.0. The summed E-state index contributed by atoms with van der Waals surface area (Å²) in [5.41, 5.74) is 1.97. The molecule has 6 nitrogen and oxygen atoms in total. The molecule has 0 radical (unpaired) electrons. The lowest BCUT2D eigenvalue weighted by molar-refractivity contribution is -0.385. The van der Waals surface area contributed by atoms with Gasteiger partial charge in [0.15, 0.2) is 0 Å². The summed E-state index contributed by atoms with van der Waals surface area (Å²) in [5, 5.41) is 11.6. The summed E-state index contributed by atoms with van der Waals surface area (Å²) in [7, 11) is 0. The van der Waals surface area contributed by atoms with Gasteiger partial charge in [0.1, 0.15) is 0 Å². The zero-order valence-corrected chi connectivity index (χ0v) is 14.6. The lowest BCUT2D eigenvalue weighted by atomic mass is 10.1. The van der Waals surface area contributed by atoms with Crippen LogP contribution in [0.4, 0.5) is 11.4 Å². The van der Waals surface area contributed by atoms with Crippen molar-refractivity contribution in [3.05, 3.63) is 68.7 Å². The van der Waals surface area contributed by atoms with Crippen molar-refractivity contribution in [3.63, 3.8) is 0 Å². The standard InChI is InChI=1S/C18H18ClN3O3/c1-13-12-14(6-7-16(13)22(24)25)18(23)21-10-8-20(9-11-21)17-5-3-2-4-15(17)19/h2-7,12H,8-11H2,1H3. The molecule has 3 rings (SSSR count). The molecule has 1 amide bonds. The molecule has 0 saturated carbocycles. The van der Waals surface area contributed by atoms with Crippen molar-refractivity contribution in [2.24, 2.45) is 0 Å². The fourth-order valence-electron chi connectivity index (χ4n) is 3.03. The smallest absolute Gasteiger partial charge is 0.272 e. The molecule has 2 aromatic rings. The fraction of sp³-hybridized carbons (Fsp3) is 0.278. The molecule has 130 valence electrons. The van der Waals surface area contributed by atoms with Crippen LogP contribution < -0.4 is 4.90 Å². The van der Waals surface area contributed by atoms with Crippen LogP contribution >= 0.6 is 11.6 Å². The van der Waals surface area contributed by atoms with Crippen molar-refractivity contribution in [2.45, 2.75) is 6.92 Å². The number of piperazine rings is 1. The number of anilines is 1. The monoisotopic (exact) mass is 359 g/mol. The number of para-hydroxylation sites is 1. The number of nitrogens with zero attached hydrogens (tertiary/aromatic N) is 3. The Morgan fingerprint density at radius 2 is 1.80 bits per heavy atom. The van der Waals surface area contributed by atoms with Crippen LogP contribution in [0.3, 0.4) is 0 Å². The summed E-state index contributed by atoms with van der Waals surface area (Å²) in [4.78, 5) is 27.0. The minimum atomic E-state index is -0.439. The Morgan fingerprint density at radius 1 is 1.12 bits per heavy atom. The minimum Gasteiger partial charge on any atom is -0.367 e. The Bertz CT molecular complexity index is 817. The van der Waals surface area contributed by atoms with Crippen molar-refractivity contribution in [1.82, 2.24) is 4.90 Å². The SMILES string of the molecule is Cc1cc(C(=O)N2CCN(c3ccccc3Cl)CC2)ccc1[N+](=O)[O-]. The van der Waals surface area contributed by atoms with Crippen LogP contribution in [0.15, 0.2) is 42.5 Å². The molecule has 1 fully saturated rings. The molecule has 25 heavy (non-hydrogen) atoms. The lowest BCUT2D eigenvalue weighted by Gasteiger charge is -2.36. The number of hydrogen-bond acceptors (Lipinski definition) is 4. The number of carbonyl (C=O) groups is 1. The van der Waals surface area contributed by atoms with Gasteiger partial charge in [-0.3, -0.25) is 14.9 Å². The van der Waals surface area contributed by atoms with Crippen molar-refractivity contribution in [3.8, 4) is 0 Å². The highest BCUT2D eigenvalue weighted by Gasteiger charge is 2.24. The Balaban J connectivity index is 1.69. The molecule has 0 atom stereocenters. The third-order valence-electron chi connectivity index (χ3n) is 4.40. The average Bonchev–Trinajstić information content (AvgIpc) is 2.61. The second kappa shape index (κ2) is 7.11. The van der Waals surface area contributed by atoms with Crippen LogP contribution in [0.1, 0.15) is 15.9 Å². The van der Waals surface area contributed by atoms with E-state index in [1.165, 1.54) is 12.1 Å². The Hall–Kier alpha value is -2.60. The molecule has 0 aromatic heterocycles. The Morgan fingerprint density at radius 3 is 2.40 bits per heavy atom. The number of halogens is 1. The number of aryl methyl sites for hydroxylation is 1. The van der Waals surface area contributed by atoms with E-state index in [2.05, 4.69) is 4.90 Å². The van der Waals surface area contributed by atoms with Crippen LogP contribution in [0.2, 0.25) is 5.02 Å². The average molecular weight is 360 g/mol. The summed E-state index contributed by atoms with van der Waals surface area (Å²) >= 11 is 6.23. The first-order valence-electron chi connectivity index (χ1n) is 8.01. The largest absolute Gasteiger partial charge is 0.367 e. The summed E-state index contributed by atoms with van der Waals surface area (Å²) in [6.45, 7) is 4.20. The molecule has 0 unspecified atom stereocenters. The third kappa shape index (κ3) is 3.58. The van der Waals surface area contributed by atoms with Crippen molar-refractivity contribution < 1.29 is 9.72 Å². The molecule has 2 aromatic carbocycles. The van der Waals surface area contributed by atoms with E-state index in [-0.39, 0.29) is 11.6 Å². The summed E-state index contributed by atoms with van der Waals surface area (Å²) in [5.74, 6) is -0.100. The molecule has 0 N–H and O–H groups in total. The van der Waals surface area contributed by atoms with E-state index in [0.717, 1.165) is 5.69 Å². The molecule has 1 saturated heterocycles. The van der Waals surface area contributed by atoms with Crippen LogP contribution in [-0.2, 0) is 0 Å². The van der Waals surface area contributed by atoms with Crippen molar-refractivity contribution in [2.75, 3.05) is 31.1 Å². The van der Waals surface area contributed by atoms with Gasteiger partial charge in [0, 0.05) is 43.4 Å². The maximum absolute atomic E-state index is 12.7. The van der Waals surface area contributed by atoms with Crippen LogP contribution in [0.25, 0.3) is 0 Å². The van der Waals surface area contributed by atoms with E-state index in [0.29, 0.717) is 42.3 Å². The quantitative estimate of drug-likeness (QED) is 0.621. The number of carbonyl (C=O) groups excluding carboxylic acids is 1. The van der Waals surface area contributed by atoms with E-state index in [9.17, 15) is 14.9 Å². The zero-order valence-electron chi connectivity index (χ0n) is 13.8. The van der Waals surface area contributed by atoms with Crippen molar-refractivity contribution in [1.29, 1.82) is 0 Å². The molecule has 0 spiro atoms. The van der Waals surface area contributed by atoms with Crippen molar-refractivity contribution >= 4 is 28.9 Å². The first-order valence-corrected chi connectivity index (χ1v) is 8.39. The summed E-state index contributed by atoms with van der Waals surface area (Å²) in [6, 6.07) is 12.2. The molecule has 0 aliphatic carbocycles. The number of benzene rings is 2. The van der Waals surface area contributed by atoms with Gasteiger partial charge in [0.05, 0.1) is 15.6 Å². The predicted molar refractivity (Wildman–Crippen MR) is 97.4 cm³/mol. The number of nitro benzene ring substituents is 1. The molecule has 7 heteroatoms. The number of hydrogen-bond donors (Lipinski definition) is 0.